The van der Waals surface area contributed by atoms with Crippen molar-refractivity contribution < 1.29 is 17.9 Å². The summed E-state index contributed by atoms with van der Waals surface area (Å²) in [6.45, 7) is 6.00. The molecular formula is C20H22N2O4S2. The van der Waals surface area contributed by atoms with Gasteiger partial charge in [-0.2, -0.15) is 0 Å². The second-order valence-corrected chi connectivity index (χ2v) is 9.98. The maximum atomic E-state index is 12.3. The zero-order valence-corrected chi connectivity index (χ0v) is 17.8. The van der Waals surface area contributed by atoms with Crippen LogP contribution in [0.25, 0.3) is 10.2 Å². The van der Waals surface area contributed by atoms with Gasteiger partial charge in [0.2, 0.25) is 0 Å². The number of nitrogens with zero attached hydrogens (tertiary/aromatic N) is 1. The maximum Gasteiger partial charge on any atom is 0.264 e. The maximum absolute atomic E-state index is 12.3. The molecule has 3 rings (SSSR count). The zero-order valence-electron chi connectivity index (χ0n) is 16.1. The molecule has 0 bridgehead atoms. The molecule has 8 heteroatoms. The topological polar surface area (TPSA) is 85.4 Å². The van der Waals surface area contributed by atoms with Crippen LogP contribution < -0.4 is 10.1 Å². The number of benzene rings is 2. The number of hydrogen-bond acceptors (Lipinski definition) is 6. The zero-order chi connectivity index (χ0) is 20.5. The van der Waals surface area contributed by atoms with E-state index in [9.17, 15) is 13.2 Å². The minimum absolute atomic E-state index is 0.132. The highest BCUT2D eigenvalue weighted by Gasteiger charge is 2.13. The van der Waals surface area contributed by atoms with Crippen molar-refractivity contribution in [2.45, 2.75) is 31.6 Å². The van der Waals surface area contributed by atoms with Crippen molar-refractivity contribution in [1.82, 2.24) is 4.98 Å². The summed E-state index contributed by atoms with van der Waals surface area (Å²) in [6, 6.07) is 10.7. The van der Waals surface area contributed by atoms with Gasteiger partial charge < -0.3 is 4.74 Å². The van der Waals surface area contributed by atoms with Gasteiger partial charge in [-0.15, -0.1) is 0 Å². The summed E-state index contributed by atoms with van der Waals surface area (Å²) in [5.74, 6) is 0.733. The molecule has 0 aliphatic heterocycles. The number of nitrogens with one attached hydrogen (secondary N) is 1. The van der Waals surface area contributed by atoms with E-state index in [0.717, 1.165) is 17.4 Å². The van der Waals surface area contributed by atoms with Gasteiger partial charge in [-0.1, -0.05) is 37.3 Å². The third-order valence-corrected chi connectivity index (χ3v) is 6.32. The van der Waals surface area contributed by atoms with E-state index in [1.165, 1.54) is 17.4 Å². The monoisotopic (exact) mass is 418 g/mol. The van der Waals surface area contributed by atoms with Gasteiger partial charge in [0.25, 0.3) is 5.91 Å². The molecule has 28 heavy (non-hydrogen) atoms. The first-order valence-electron chi connectivity index (χ1n) is 8.77. The lowest BCUT2D eigenvalue weighted by Gasteiger charge is -2.12. The number of carbonyl (C=O) groups is 1. The predicted molar refractivity (Wildman–Crippen MR) is 112 cm³/mol. The van der Waals surface area contributed by atoms with Crippen molar-refractivity contribution in [2.24, 2.45) is 0 Å². The molecule has 1 N–H and O–H groups in total. The van der Waals surface area contributed by atoms with E-state index in [1.807, 2.05) is 19.1 Å². The molecule has 1 heterocycles. The molecule has 2 aromatic carbocycles. The number of rotatable bonds is 6. The summed E-state index contributed by atoms with van der Waals surface area (Å²) in [6.07, 6.45) is 1.16. The summed E-state index contributed by atoms with van der Waals surface area (Å²) < 4.78 is 29.7. The van der Waals surface area contributed by atoms with Gasteiger partial charge in [0.1, 0.15) is 5.75 Å². The van der Waals surface area contributed by atoms with Crippen molar-refractivity contribution in [2.75, 3.05) is 18.2 Å². The quantitative estimate of drug-likeness (QED) is 0.650. The molecule has 0 saturated heterocycles. The number of thiazole rings is 1. The highest BCUT2D eigenvalue weighted by atomic mass is 32.2. The second-order valence-electron chi connectivity index (χ2n) is 6.94. The Bertz CT molecular complexity index is 1130. The van der Waals surface area contributed by atoms with E-state index < -0.39 is 9.84 Å². The lowest BCUT2D eigenvalue weighted by atomic mass is 10.0. The van der Waals surface area contributed by atoms with E-state index >= 15 is 0 Å². The molecule has 0 spiro atoms. The number of sulfone groups is 1. The summed E-state index contributed by atoms with van der Waals surface area (Å²) in [5, 5.41) is 3.12. The molecule has 0 unspecified atom stereocenters. The largest absolute Gasteiger partial charge is 0.483 e. The molecule has 3 aromatic rings. The van der Waals surface area contributed by atoms with Gasteiger partial charge in [-0.3, -0.25) is 10.1 Å². The van der Waals surface area contributed by atoms with Crippen LogP contribution in [0.2, 0.25) is 0 Å². The van der Waals surface area contributed by atoms with E-state index in [1.54, 1.807) is 12.1 Å². The average molecular weight is 419 g/mol. The van der Waals surface area contributed by atoms with Crippen molar-refractivity contribution in [1.29, 1.82) is 0 Å². The van der Waals surface area contributed by atoms with E-state index in [4.69, 9.17) is 4.74 Å². The first kappa shape index (κ1) is 20.3. The first-order chi connectivity index (χ1) is 13.1. The minimum Gasteiger partial charge on any atom is -0.483 e. The van der Waals surface area contributed by atoms with Crippen molar-refractivity contribution in [3.8, 4) is 5.75 Å². The van der Waals surface area contributed by atoms with Crippen LogP contribution in [0.5, 0.6) is 5.75 Å². The third-order valence-electron chi connectivity index (χ3n) is 4.27. The fourth-order valence-electron chi connectivity index (χ4n) is 2.62. The number of aryl methyl sites for hydroxylation is 1. The van der Waals surface area contributed by atoms with Crippen LogP contribution in [-0.2, 0) is 14.6 Å². The summed E-state index contributed by atoms with van der Waals surface area (Å²) in [7, 11) is -3.29. The van der Waals surface area contributed by atoms with Gasteiger partial charge in [-0.05, 0) is 48.2 Å². The molecule has 0 atom stereocenters. The second kappa shape index (κ2) is 7.89. The first-order valence-corrected chi connectivity index (χ1v) is 11.5. The Morgan fingerprint density at radius 1 is 1.21 bits per heavy atom. The molecule has 6 nitrogen and oxygen atoms in total. The molecular weight excluding hydrogens is 396 g/mol. The number of hydrogen-bond donors (Lipinski definition) is 1. The van der Waals surface area contributed by atoms with Crippen LogP contribution in [-0.4, -0.2) is 32.2 Å². The van der Waals surface area contributed by atoms with Gasteiger partial charge >= 0.3 is 0 Å². The predicted octanol–water partition coefficient (Wildman–Crippen LogP) is 4.15. The van der Waals surface area contributed by atoms with Crippen LogP contribution >= 0.6 is 11.3 Å². The fraction of sp³-hybridized carbons (Fsp3) is 0.300. The molecule has 0 fully saturated rings. The Labute approximate surface area is 168 Å². The number of aromatic nitrogens is 1. The Balaban J connectivity index is 1.69. The summed E-state index contributed by atoms with van der Waals surface area (Å²) >= 11 is 1.22. The fourth-order valence-corrected chi connectivity index (χ4v) is 4.26. The molecule has 0 aliphatic carbocycles. The van der Waals surface area contributed by atoms with E-state index in [0.29, 0.717) is 27.0 Å². The molecule has 1 aromatic heterocycles. The van der Waals surface area contributed by atoms with Crippen molar-refractivity contribution in [3.63, 3.8) is 0 Å². The molecule has 1 amide bonds. The smallest absolute Gasteiger partial charge is 0.264 e. The SMILES string of the molecule is Cc1ccc(C(C)C)cc1OCC(=O)Nc1nc2ccc(S(C)(=O)=O)cc2s1. The Hall–Kier alpha value is -2.45. The summed E-state index contributed by atoms with van der Waals surface area (Å²) in [4.78, 5) is 16.8. The number of anilines is 1. The van der Waals surface area contributed by atoms with Crippen molar-refractivity contribution >= 4 is 42.4 Å². The van der Waals surface area contributed by atoms with Crippen LogP contribution in [0.3, 0.4) is 0 Å². The van der Waals surface area contributed by atoms with Crippen LogP contribution in [0.15, 0.2) is 41.3 Å². The Morgan fingerprint density at radius 2 is 1.96 bits per heavy atom. The molecule has 0 aliphatic rings. The van der Waals surface area contributed by atoms with Crippen LogP contribution in [0.4, 0.5) is 5.13 Å². The number of carbonyl (C=O) groups excluding carboxylic acids is 1. The lowest BCUT2D eigenvalue weighted by molar-refractivity contribution is -0.118. The standard InChI is InChI=1S/C20H22N2O4S2/c1-12(2)14-6-5-13(3)17(9-14)26-11-19(23)22-20-21-16-8-7-15(28(4,24)25)10-18(16)27-20/h5-10,12H,11H2,1-4H3,(H,21,22,23). The van der Waals surface area contributed by atoms with Gasteiger partial charge in [0, 0.05) is 6.26 Å². The number of ether oxygens (including phenoxy) is 1. The third kappa shape index (κ3) is 4.69. The van der Waals surface area contributed by atoms with Crippen LogP contribution in [0, 0.1) is 6.92 Å². The molecule has 0 radical (unpaired) electrons. The molecule has 148 valence electrons. The van der Waals surface area contributed by atoms with Gasteiger partial charge in [0.05, 0.1) is 15.1 Å². The number of amides is 1. The summed E-state index contributed by atoms with van der Waals surface area (Å²) in [5.41, 5.74) is 2.74. The highest BCUT2D eigenvalue weighted by molar-refractivity contribution is 7.90. The Kier molecular flexibility index (Phi) is 5.71. The minimum atomic E-state index is -3.29. The van der Waals surface area contributed by atoms with Crippen molar-refractivity contribution in [3.05, 3.63) is 47.5 Å². The number of fused-ring (bicyclic) bond motifs is 1. The Morgan fingerprint density at radius 3 is 2.64 bits per heavy atom. The van der Waals surface area contributed by atoms with E-state index in [2.05, 4.69) is 30.2 Å². The lowest BCUT2D eigenvalue weighted by Crippen LogP contribution is -2.20. The van der Waals surface area contributed by atoms with Gasteiger partial charge in [0.15, 0.2) is 21.6 Å². The average Bonchev–Trinajstić information content (AvgIpc) is 3.01. The highest BCUT2D eigenvalue weighted by Crippen LogP contribution is 2.28. The molecule has 0 saturated carbocycles. The van der Waals surface area contributed by atoms with E-state index in [-0.39, 0.29) is 17.4 Å². The normalized spacial score (nSPS) is 11.8. The van der Waals surface area contributed by atoms with Gasteiger partial charge in [-0.25, -0.2) is 13.4 Å². The van der Waals surface area contributed by atoms with Crippen LogP contribution in [0.1, 0.15) is 30.9 Å².